The first-order valence-electron chi connectivity index (χ1n) is 4.00. The van der Waals surface area contributed by atoms with Gasteiger partial charge in [-0.15, -0.1) is 0 Å². The summed E-state index contributed by atoms with van der Waals surface area (Å²) < 4.78 is 25.6. The van der Waals surface area contributed by atoms with Crippen molar-refractivity contribution in [1.82, 2.24) is 10.2 Å². The van der Waals surface area contributed by atoms with Crippen LogP contribution in [0.3, 0.4) is 0 Å². The number of alkyl halides is 2. The molecule has 13 heavy (non-hydrogen) atoms. The predicted octanol–water partition coefficient (Wildman–Crippen LogP) is 0.193. The van der Waals surface area contributed by atoms with Gasteiger partial charge in [0.1, 0.15) is 6.10 Å². The number of likely N-dealkylation sites (tertiary alicyclic amines) is 1. The van der Waals surface area contributed by atoms with E-state index in [1.165, 1.54) is 4.90 Å². The Morgan fingerprint density at radius 3 is 2.77 bits per heavy atom. The molecule has 1 aliphatic rings. The maximum atomic E-state index is 12.8. The topological polar surface area (TPSA) is 35.5 Å². The molecule has 0 aromatic rings. The summed E-state index contributed by atoms with van der Waals surface area (Å²) in [6.07, 6.45) is -1.97. The average molecular weight is 210 g/mol. The number of nitrogens with one attached hydrogen (secondary N) is 1. The third-order valence-electron chi connectivity index (χ3n) is 2.10. The van der Waals surface area contributed by atoms with Crippen LogP contribution in [0.4, 0.5) is 8.78 Å². The van der Waals surface area contributed by atoms with Crippen LogP contribution in [-0.4, -0.2) is 47.3 Å². The number of rotatable bonds is 0. The fourth-order valence-electron chi connectivity index (χ4n) is 1.23. The zero-order valence-electron chi connectivity index (χ0n) is 7.26. The number of hydrogen-bond acceptors (Lipinski definition) is 2. The summed E-state index contributed by atoms with van der Waals surface area (Å²) in [7, 11) is 1.63. The van der Waals surface area contributed by atoms with E-state index in [0.717, 1.165) is 0 Å². The van der Waals surface area contributed by atoms with Crippen molar-refractivity contribution >= 4 is 17.3 Å². The molecule has 1 rings (SSSR count). The molecule has 1 heterocycles. The Morgan fingerprint density at radius 2 is 2.31 bits per heavy atom. The molecule has 2 N–H and O–H groups in total. The number of thiocarbonyl (C=S) groups is 1. The maximum absolute atomic E-state index is 12.8. The van der Waals surface area contributed by atoms with E-state index in [4.69, 9.17) is 17.3 Å². The molecule has 0 amide bonds. The quantitative estimate of drug-likeness (QED) is 0.560. The highest BCUT2D eigenvalue weighted by Crippen LogP contribution is 2.28. The number of hydrogen-bond donors (Lipinski definition) is 2. The van der Waals surface area contributed by atoms with Gasteiger partial charge in [0.25, 0.3) is 5.92 Å². The van der Waals surface area contributed by atoms with Gasteiger partial charge in [-0.25, -0.2) is 8.78 Å². The smallest absolute Gasteiger partial charge is 0.276 e. The molecule has 3 nitrogen and oxygen atoms in total. The third-order valence-corrected chi connectivity index (χ3v) is 2.56. The number of halogens is 2. The molecule has 0 saturated carbocycles. The molecule has 1 fully saturated rings. The lowest BCUT2D eigenvalue weighted by atomic mass is 10.0. The van der Waals surface area contributed by atoms with E-state index in [2.05, 4.69) is 5.32 Å². The lowest BCUT2D eigenvalue weighted by molar-refractivity contribution is -0.138. The molecule has 0 bridgehead atoms. The van der Waals surface area contributed by atoms with E-state index in [9.17, 15) is 8.78 Å². The summed E-state index contributed by atoms with van der Waals surface area (Å²) in [5, 5.41) is 12.2. The highest BCUT2D eigenvalue weighted by molar-refractivity contribution is 7.80. The van der Waals surface area contributed by atoms with Crippen molar-refractivity contribution < 1.29 is 13.9 Å². The molecule has 6 heteroatoms. The summed E-state index contributed by atoms with van der Waals surface area (Å²) in [5.74, 6) is -2.97. The van der Waals surface area contributed by atoms with E-state index in [0.29, 0.717) is 5.11 Å². The van der Waals surface area contributed by atoms with Crippen molar-refractivity contribution in [2.24, 2.45) is 0 Å². The molecule has 1 atom stereocenters. The number of aliphatic hydroxyl groups excluding tert-OH is 1. The van der Waals surface area contributed by atoms with Crippen LogP contribution < -0.4 is 5.32 Å². The Bertz CT molecular complexity index is 213. The van der Waals surface area contributed by atoms with E-state index >= 15 is 0 Å². The van der Waals surface area contributed by atoms with Crippen molar-refractivity contribution in [1.29, 1.82) is 0 Å². The number of piperidine rings is 1. The van der Waals surface area contributed by atoms with Gasteiger partial charge < -0.3 is 15.3 Å². The SMILES string of the molecule is CNC(=S)N1CCC(F)(F)C(O)C1. The zero-order chi connectivity index (χ0) is 10.1. The molecular weight excluding hydrogens is 198 g/mol. The van der Waals surface area contributed by atoms with E-state index in [1.807, 2.05) is 0 Å². The molecule has 0 aromatic carbocycles. The van der Waals surface area contributed by atoms with Gasteiger partial charge in [-0.3, -0.25) is 0 Å². The van der Waals surface area contributed by atoms with Gasteiger partial charge in [-0.2, -0.15) is 0 Å². The number of nitrogens with zero attached hydrogens (tertiary/aromatic N) is 1. The molecule has 1 saturated heterocycles. The molecule has 1 aliphatic heterocycles. The second-order valence-electron chi connectivity index (χ2n) is 3.03. The molecule has 76 valence electrons. The van der Waals surface area contributed by atoms with Crippen LogP contribution in [-0.2, 0) is 0 Å². The predicted molar refractivity (Wildman–Crippen MR) is 48.8 cm³/mol. The fraction of sp³-hybridized carbons (Fsp3) is 0.857. The minimum Gasteiger partial charge on any atom is -0.385 e. The highest BCUT2D eigenvalue weighted by atomic mass is 32.1. The van der Waals surface area contributed by atoms with Crippen LogP contribution >= 0.6 is 12.2 Å². The van der Waals surface area contributed by atoms with Gasteiger partial charge in [0.2, 0.25) is 0 Å². The lowest BCUT2D eigenvalue weighted by Gasteiger charge is -2.36. The van der Waals surface area contributed by atoms with Gasteiger partial charge >= 0.3 is 0 Å². The summed E-state index contributed by atoms with van der Waals surface area (Å²) in [6, 6.07) is 0. The second kappa shape index (κ2) is 3.71. The Hall–Kier alpha value is -0.490. The Kier molecular flexibility index (Phi) is 3.02. The summed E-state index contributed by atoms with van der Waals surface area (Å²) in [5.41, 5.74) is 0. The van der Waals surface area contributed by atoms with Crippen LogP contribution in [0.2, 0.25) is 0 Å². The van der Waals surface area contributed by atoms with Crippen LogP contribution in [0, 0.1) is 0 Å². The van der Waals surface area contributed by atoms with Gasteiger partial charge in [0.05, 0.1) is 6.54 Å². The Balaban J connectivity index is 2.56. The molecule has 0 aromatic heterocycles. The Morgan fingerprint density at radius 1 is 1.69 bits per heavy atom. The number of aliphatic hydroxyl groups is 1. The highest BCUT2D eigenvalue weighted by Gasteiger charge is 2.43. The van der Waals surface area contributed by atoms with Crippen molar-refractivity contribution in [2.45, 2.75) is 18.4 Å². The van der Waals surface area contributed by atoms with Crippen molar-refractivity contribution in [3.63, 3.8) is 0 Å². The standard InChI is InChI=1S/C7H12F2N2OS/c1-10-6(13)11-3-2-7(8,9)5(12)4-11/h5,12H,2-4H2,1H3,(H,10,13). The summed E-state index contributed by atoms with van der Waals surface area (Å²) in [6.45, 7) is 0.0798. The first-order chi connectivity index (χ1) is 5.97. The third kappa shape index (κ3) is 2.25. The Labute approximate surface area is 80.7 Å². The maximum Gasteiger partial charge on any atom is 0.276 e. The molecular formula is C7H12F2N2OS. The average Bonchev–Trinajstić information content (AvgIpc) is 2.08. The van der Waals surface area contributed by atoms with Crippen molar-refractivity contribution in [2.75, 3.05) is 20.1 Å². The van der Waals surface area contributed by atoms with Crippen LogP contribution in [0.25, 0.3) is 0 Å². The van der Waals surface area contributed by atoms with Crippen molar-refractivity contribution in [3.8, 4) is 0 Å². The first-order valence-corrected chi connectivity index (χ1v) is 4.41. The minimum atomic E-state index is -2.97. The largest absolute Gasteiger partial charge is 0.385 e. The molecule has 0 spiro atoms. The van der Waals surface area contributed by atoms with Crippen LogP contribution in [0.1, 0.15) is 6.42 Å². The number of β-amino-alcohol motifs (C(OH)–C–C–N with tert-alkyl or cyclic N) is 1. The molecule has 0 aliphatic carbocycles. The van der Waals surface area contributed by atoms with E-state index in [-0.39, 0.29) is 19.5 Å². The summed E-state index contributed by atoms with van der Waals surface area (Å²) in [4.78, 5) is 1.54. The monoisotopic (exact) mass is 210 g/mol. The first kappa shape index (κ1) is 10.6. The van der Waals surface area contributed by atoms with Gasteiger partial charge in [-0.1, -0.05) is 0 Å². The van der Waals surface area contributed by atoms with Gasteiger partial charge in [-0.05, 0) is 12.2 Å². The van der Waals surface area contributed by atoms with E-state index < -0.39 is 12.0 Å². The van der Waals surface area contributed by atoms with Crippen molar-refractivity contribution in [3.05, 3.63) is 0 Å². The molecule has 0 radical (unpaired) electrons. The lowest BCUT2D eigenvalue weighted by Crippen LogP contribution is -2.54. The molecule has 1 unspecified atom stereocenters. The van der Waals surface area contributed by atoms with E-state index in [1.54, 1.807) is 7.05 Å². The zero-order valence-corrected chi connectivity index (χ0v) is 8.07. The summed E-state index contributed by atoms with van der Waals surface area (Å²) >= 11 is 4.86. The van der Waals surface area contributed by atoms with Gasteiger partial charge in [0, 0.05) is 20.0 Å². The van der Waals surface area contributed by atoms with Crippen LogP contribution in [0.5, 0.6) is 0 Å². The minimum absolute atomic E-state index is 0.104. The van der Waals surface area contributed by atoms with Crippen LogP contribution in [0.15, 0.2) is 0 Å². The normalized spacial score (nSPS) is 27.1. The fourth-order valence-corrected chi connectivity index (χ4v) is 1.39. The van der Waals surface area contributed by atoms with Gasteiger partial charge in [0.15, 0.2) is 5.11 Å². The second-order valence-corrected chi connectivity index (χ2v) is 3.41.